The molecule has 1 aliphatic heterocycles. The summed E-state index contributed by atoms with van der Waals surface area (Å²) in [6.07, 6.45) is 0.609. The van der Waals surface area contributed by atoms with Crippen molar-refractivity contribution in [3.05, 3.63) is 39.9 Å². The molecule has 1 aromatic carbocycles. The van der Waals surface area contributed by atoms with Crippen LogP contribution in [0.2, 0.25) is 0 Å². The molecular weight excluding hydrogens is 284 g/mol. The minimum absolute atomic E-state index is 0.00963. The molecule has 7 heteroatoms. The lowest BCUT2D eigenvalue weighted by Gasteiger charge is -2.23. The van der Waals surface area contributed by atoms with Gasteiger partial charge in [-0.05, 0) is 24.8 Å². The van der Waals surface area contributed by atoms with Crippen LogP contribution in [0.5, 0.6) is 0 Å². The molecule has 22 heavy (non-hydrogen) atoms. The third kappa shape index (κ3) is 3.08. The summed E-state index contributed by atoms with van der Waals surface area (Å²) in [5.41, 5.74) is 5.68. The zero-order valence-corrected chi connectivity index (χ0v) is 12.9. The van der Waals surface area contributed by atoms with E-state index in [0.717, 1.165) is 0 Å². The molecule has 0 radical (unpaired) electrons. The first kappa shape index (κ1) is 15.9. The second-order valence-electron chi connectivity index (χ2n) is 6.16. The highest BCUT2D eigenvalue weighted by atomic mass is 16.6. The standard InChI is InChI=1S/C15H20N4O3/c1-10(2)8-15(3)13(20)18(14(16)17-15)9-11-5-4-6-12(7-11)19(21)22/h4-7,10H,8-9H2,1-3H3,(H2,16,17). The van der Waals surface area contributed by atoms with Crippen LogP contribution in [0.25, 0.3) is 0 Å². The van der Waals surface area contributed by atoms with Crippen LogP contribution in [0.3, 0.4) is 0 Å². The molecule has 1 atom stereocenters. The van der Waals surface area contributed by atoms with Gasteiger partial charge in [-0.25, -0.2) is 4.99 Å². The first-order valence-corrected chi connectivity index (χ1v) is 7.13. The summed E-state index contributed by atoms with van der Waals surface area (Å²) in [4.78, 5) is 28.7. The van der Waals surface area contributed by atoms with Crippen LogP contribution in [-0.4, -0.2) is 27.2 Å². The maximum atomic E-state index is 12.6. The lowest BCUT2D eigenvalue weighted by Crippen LogP contribution is -2.43. The summed E-state index contributed by atoms with van der Waals surface area (Å²) in [7, 11) is 0. The quantitative estimate of drug-likeness (QED) is 0.664. The average Bonchev–Trinajstić information content (AvgIpc) is 2.61. The molecule has 1 amide bonds. The van der Waals surface area contributed by atoms with Gasteiger partial charge in [-0.2, -0.15) is 0 Å². The van der Waals surface area contributed by atoms with Crippen molar-refractivity contribution in [1.82, 2.24) is 4.90 Å². The van der Waals surface area contributed by atoms with E-state index in [4.69, 9.17) is 5.73 Å². The number of carbonyl (C=O) groups excluding carboxylic acids is 1. The maximum Gasteiger partial charge on any atom is 0.269 e. The molecule has 2 rings (SSSR count). The zero-order valence-electron chi connectivity index (χ0n) is 12.9. The van der Waals surface area contributed by atoms with E-state index in [2.05, 4.69) is 4.99 Å². The fourth-order valence-corrected chi connectivity index (χ4v) is 2.79. The van der Waals surface area contributed by atoms with Crippen molar-refractivity contribution < 1.29 is 9.72 Å². The van der Waals surface area contributed by atoms with E-state index in [0.29, 0.717) is 17.9 Å². The average molecular weight is 304 g/mol. The van der Waals surface area contributed by atoms with Crippen molar-refractivity contribution in [3.63, 3.8) is 0 Å². The van der Waals surface area contributed by atoms with Gasteiger partial charge in [-0.15, -0.1) is 0 Å². The van der Waals surface area contributed by atoms with Gasteiger partial charge in [0.2, 0.25) is 0 Å². The van der Waals surface area contributed by atoms with Gasteiger partial charge in [0.05, 0.1) is 11.5 Å². The third-order valence-corrected chi connectivity index (χ3v) is 3.61. The topological polar surface area (TPSA) is 102 Å². The number of nitrogens with zero attached hydrogens (tertiary/aromatic N) is 3. The number of carbonyl (C=O) groups is 1. The van der Waals surface area contributed by atoms with E-state index in [1.807, 2.05) is 13.8 Å². The van der Waals surface area contributed by atoms with E-state index >= 15 is 0 Å². The first-order chi connectivity index (χ1) is 10.2. The minimum atomic E-state index is -0.848. The summed E-state index contributed by atoms with van der Waals surface area (Å²) in [5.74, 6) is 0.313. The van der Waals surface area contributed by atoms with Crippen LogP contribution in [-0.2, 0) is 11.3 Å². The van der Waals surface area contributed by atoms with Gasteiger partial charge in [0.15, 0.2) is 5.96 Å². The van der Waals surface area contributed by atoms with Crippen LogP contribution in [0, 0.1) is 16.0 Å². The summed E-state index contributed by atoms with van der Waals surface area (Å²) in [6.45, 7) is 6.00. The molecule has 118 valence electrons. The molecule has 7 nitrogen and oxygen atoms in total. The Morgan fingerprint density at radius 3 is 2.73 bits per heavy atom. The van der Waals surface area contributed by atoms with Gasteiger partial charge in [0.1, 0.15) is 5.54 Å². The van der Waals surface area contributed by atoms with Crippen LogP contribution < -0.4 is 5.73 Å². The van der Waals surface area contributed by atoms with Gasteiger partial charge < -0.3 is 5.73 Å². The van der Waals surface area contributed by atoms with Gasteiger partial charge in [0, 0.05) is 12.1 Å². The fourth-order valence-electron chi connectivity index (χ4n) is 2.79. The van der Waals surface area contributed by atoms with E-state index in [9.17, 15) is 14.9 Å². The van der Waals surface area contributed by atoms with Gasteiger partial charge in [-0.1, -0.05) is 26.0 Å². The Morgan fingerprint density at radius 1 is 1.45 bits per heavy atom. The van der Waals surface area contributed by atoms with Gasteiger partial charge in [0.25, 0.3) is 11.6 Å². The molecule has 1 unspecified atom stereocenters. The fraction of sp³-hybridized carbons (Fsp3) is 0.467. The van der Waals surface area contributed by atoms with Gasteiger partial charge in [-0.3, -0.25) is 19.8 Å². The summed E-state index contributed by atoms with van der Waals surface area (Å²) in [6, 6.07) is 6.18. The molecule has 0 saturated heterocycles. The highest BCUT2D eigenvalue weighted by Crippen LogP contribution is 2.29. The molecule has 0 fully saturated rings. The van der Waals surface area contributed by atoms with E-state index in [1.165, 1.54) is 17.0 Å². The van der Waals surface area contributed by atoms with E-state index in [1.54, 1.807) is 19.1 Å². The van der Waals surface area contributed by atoms with Crippen molar-refractivity contribution >= 4 is 17.6 Å². The molecule has 0 spiro atoms. The second-order valence-corrected chi connectivity index (χ2v) is 6.16. The number of guanidine groups is 1. The zero-order chi connectivity index (χ0) is 16.5. The van der Waals surface area contributed by atoms with Crippen LogP contribution in [0.4, 0.5) is 5.69 Å². The number of benzene rings is 1. The Hall–Kier alpha value is -2.44. The Bertz CT molecular complexity index is 641. The predicted molar refractivity (Wildman–Crippen MR) is 83.1 cm³/mol. The first-order valence-electron chi connectivity index (χ1n) is 7.13. The van der Waals surface area contributed by atoms with Crippen molar-refractivity contribution in [2.24, 2.45) is 16.6 Å². The Labute approximate surface area is 129 Å². The van der Waals surface area contributed by atoms with Gasteiger partial charge >= 0.3 is 0 Å². The number of rotatable bonds is 5. The summed E-state index contributed by atoms with van der Waals surface area (Å²) >= 11 is 0. The largest absolute Gasteiger partial charge is 0.369 e. The number of amides is 1. The highest BCUT2D eigenvalue weighted by molar-refractivity contribution is 6.06. The number of non-ortho nitro benzene ring substituents is 1. The Morgan fingerprint density at radius 2 is 2.14 bits per heavy atom. The molecule has 0 saturated carbocycles. The summed E-state index contributed by atoms with van der Waals surface area (Å²) < 4.78 is 0. The molecule has 0 aliphatic carbocycles. The molecule has 1 aromatic rings. The number of nitro groups is 1. The molecule has 1 heterocycles. The Balaban J connectivity index is 2.21. The SMILES string of the molecule is CC(C)CC1(C)N=C(N)N(Cc2cccc([N+](=O)[O-])c2)C1=O. The highest BCUT2D eigenvalue weighted by Gasteiger charge is 2.44. The van der Waals surface area contributed by atoms with Crippen molar-refractivity contribution in [2.45, 2.75) is 39.3 Å². The number of hydrogen-bond donors (Lipinski definition) is 1. The van der Waals surface area contributed by atoms with Crippen molar-refractivity contribution in [2.75, 3.05) is 0 Å². The van der Waals surface area contributed by atoms with Crippen molar-refractivity contribution in [1.29, 1.82) is 0 Å². The number of aliphatic imine (C=N–C) groups is 1. The lowest BCUT2D eigenvalue weighted by molar-refractivity contribution is -0.384. The predicted octanol–water partition coefficient (Wildman–Crippen LogP) is 2.06. The van der Waals surface area contributed by atoms with Crippen LogP contribution >= 0.6 is 0 Å². The normalized spacial score (nSPS) is 21.4. The number of nitrogens with two attached hydrogens (primary N) is 1. The lowest BCUT2D eigenvalue weighted by atomic mass is 9.91. The minimum Gasteiger partial charge on any atom is -0.369 e. The molecular formula is C15H20N4O3. The third-order valence-electron chi connectivity index (χ3n) is 3.61. The number of nitro benzene ring substituents is 1. The number of hydrogen-bond acceptors (Lipinski definition) is 5. The van der Waals surface area contributed by atoms with Crippen molar-refractivity contribution in [3.8, 4) is 0 Å². The second kappa shape index (κ2) is 5.75. The Kier molecular flexibility index (Phi) is 4.16. The van der Waals surface area contributed by atoms with Crippen LogP contribution in [0.15, 0.2) is 29.3 Å². The van der Waals surface area contributed by atoms with E-state index in [-0.39, 0.29) is 24.1 Å². The molecule has 1 aliphatic rings. The molecule has 2 N–H and O–H groups in total. The van der Waals surface area contributed by atoms with E-state index < -0.39 is 10.5 Å². The van der Waals surface area contributed by atoms with Crippen LogP contribution in [0.1, 0.15) is 32.8 Å². The summed E-state index contributed by atoms with van der Waals surface area (Å²) in [5, 5.41) is 10.8. The molecule has 0 aromatic heterocycles. The monoisotopic (exact) mass is 304 g/mol. The smallest absolute Gasteiger partial charge is 0.269 e. The maximum absolute atomic E-state index is 12.6. The molecule has 0 bridgehead atoms.